The van der Waals surface area contributed by atoms with Gasteiger partial charge in [0.15, 0.2) is 0 Å². The molecule has 0 amide bonds. The van der Waals surface area contributed by atoms with Crippen LogP contribution in [0.5, 0.6) is 11.5 Å². The fraction of sp³-hybridized carbons (Fsp3) is 0.409. The monoisotopic (exact) mass is 506 g/mol. The molecule has 4 nitrogen and oxygen atoms in total. The molecule has 0 unspecified atom stereocenters. The molecule has 146 valence electrons. The summed E-state index contributed by atoms with van der Waals surface area (Å²) in [5.74, 6) is 4.45. The minimum Gasteiger partial charge on any atom is -0.493 e. The summed E-state index contributed by atoms with van der Waals surface area (Å²) in [6.07, 6.45) is 1.06. The van der Waals surface area contributed by atoms with Gasteiger partial charge in [0.25, 0.3) is 0 Å². The number of hydrogen-bond acceptors (Lipinski definition) is 4. The molecule has 2 aliphatic heterocycles. The van der Waals surface area contributed by atoms with Crippen molar-refractivity contribution in [2.45, 2.75) is 11.8 Å². The van der Waals surface area contributed by atoms with E-state index in [4.69, 9.17) is 14.6 Å². The Morgan fingerprint density at radius 1 is 0.929 bits per heavy atom. The van der Waals surface area contributed by atoms with Crippen LogP contribution < -0.4 is 9.47 Å². The predicted molar refractivity (Wildman–Crippen MR) is 112 cm³/mol. The van der Waals surface area contributed by atoms with Crippen molar-refractivity contribution < 1.29 is 19.4 Å². The van der Waals surface area contributed by atoms with Gasteiger partial charge in [0.1, 0.15) is 17.8 Å². The molecule has 2 saturated carbocycles. The highest BCUT2D eigenvalue weighted by Crippen LogP contribution is 2.59. The van der Waals surface area contributed by atoms with Gasteiger partial charge in [-0.3, -0.25) is 0 Å². The van der Waals surface area contributed by atoms with Gasteiger partial charge in [0, 0.05) is 39.2 Å². The summed E-state index contributed by atoms with van der Waals surface area (Å²) >= 11 is 6.89. The SMILES string of the molecule is O=C[C@@H]1[C@H]2COc3ccc(Br)cc3[C@@H]12.OC[C@@H]1[C@H]2COc3ccc(Br)cc3[C@@H]12. The first kappa shape index (κ1) is 18.6. The van der Waals surface area contributed by atoms with Crippen LogP contribution in [0.25, 0.3) is 0 Å². The Bertz CT molecular complexity index is 927. The van der Waals surface area contributed by atoms with E-state index in [-0.39, 0.29) is 12.5 Å². The van der Waals surface area contributed by atoms with Gasteiger partial charge in [0.2, 0.25) is 0 Å². The summed E-state index contributed by atoms with van der Waals surface area (Å²) in [6.45, 7) is 1.75. The number of rotatable bonds is 2. The van der Waals surface area contributed by atoms with Crippen molar-refractivity contribution in [2.75, 3.05) is 19.8 Å². The van der Waals surface area contributed by atoms with Crippen LogP contribution in [0.1, 0.15) is 23.0 Å². The molecule has 28 heavy (non-hydrogen) atoms. The van der Waals surface area contributed by atoms with Crippen LogP contribution >= 0.6 is 31.9 Å². The normalized spacial score (nSPS) is 32.7. The highest BCUT2D eigenvalue weighted by molar-refractivity contribution is 9.10. The third-order valence-corrected chi connectivity index (χ3v) is 7.44. The molecule has 2 aliphatic carbocycles. The van der Waals surface area contributed by atoms with E-state index in [1.54, 1.807) is 0 Å². The molecule has 2 aromatic rings. The van der Waals surface area contributed by atoms with Gasteiger partial charge in [-0.15, -0.1) is 0 Å². The molecule has 6 atom stereocenters. The standard InChI is InChI=1S/C11H11BrO2.C11H9BrO2/c2*12-6-1-2-10-7(3-6)11-8(4-13)9(11)5-14-10/h1-3,8-9,11,13H,4-5H2;1-4,8-9,11H,5H2/t2*8-,9-,11+/m11/s1. The first-order valence-corrected chi connectivity index (χ1v) is 11.1. The summed E-state index contributed by atoms with van der Waals surface area (Å²) in [5.41, 5.74) is 2.45. The van der Waals surface area contributed by atoms with E-state index >= 15 is 0 Å². The zero-order valence-electron chi connectivity index (χ0n) is 15.1. The van der Waals surface area contributed by atoms with Crippen molar-refractivity contribution in [3.05, 3.63) is 56.5 Å². The van der Waals surface area contributed by atoms with E-state index < -0.39 is 0 Å². The molecule has 0 aromatic heterocycles. The van der Waals surface area contributed by atoms with Crippen LogP contribution in [0.4, 0.5) is 0 Å². The van der Waals surface area contributed by atoms with Crippen LogP contribution in [0.2, 0.25) is 0 Å². The average molecular weight is 508 g/mol. The fourth-order valence-electron chi connectivity index (χ4n) is 4.82. The van der Waals surface area contributed by atoms with Crippen molar-refractivity contribution in [3.8, 4) is 11.5 Å². The number of carbonyl (C=O) groups is 1. The molecule has 0 spiro atoms. The van der Waals surface area contributed by atoms with E-state index in [1.807, 2.05) is 24.3 Å². The first-order valence-electron chi connectivity index (χ1n) is 9.53. The van der Waals surface area contributed by atoms with Crippen molar-refractivity contribution in [2.24, 2.45) is 23.7 Å². The third-order valence-electron chi connectivity index (χ3n) is 6.45. The van der Waals surface area contributed by atoms with Crippen LogP contribution in [-0.2, 0) is 4.79 Å². The number of hydrogen-bond donors (Lipinski definition) is 1. The maximum absolute atomic E-state index is 10.8. The molecule has 4 aliphatic rings. The number of aliphatic hydroxyl groups excluding tert-OH is 1. The van der Waals surface area contributed by atoms with Gasteiger partial charge in [-0.1, -0.05) is 31.9 Å². The summed E-state index contributed by atoms with van der Waals surface area (Å²) < 4.78 is 13.4. The topological polar surface area (TPSA) is 55.8 Å². The Morgan fingerprint density at radius 3 is 2.07 bits per heavy atom. The van der Waals surface area contributed by atoms with E-state index in [1.165, 1.54) is 11.1 Å². The lowest BCUT2D eigenvalue weighted by Gasteiger charge is -2.16. The second kappa shape index (κ2) is 7.15. The van der Waals surface area contributed by atoms with Gasteiger partial charge in [-0.25, -0.2) is 0 Å². The van der Waals surface area contributed by atoms with E-state index in [2.05, 4.69) is 44.0 Å². The lowest BCUT2D eigenvalue weighted by Crippen LogP contribution is -2.08. The molecule has 0 saturated heterocycles. The van der Waals surface area contributed by atoms with E-state index in [0.29, 0.717) is 36.2 Å². The maximum Gasteiger partial charge on any atom is 0.124 e. The van der Waals surface area contributed by atoms with Gasteiger partial charge in [-0.05, 0) is 59.4 Å². The summed E-state index contributed by atoms with van der Waals surface area (Å²) in [4.78, 5) is 10.8. The lowest BCUT2D eigenvalue weighted by molar-refractivity contribution is -0.109. The molecule has 2 fully saturated rings. The fourth-order valence-corrected chi connectivity index (χ4v) is 5.57. The number of aliphatic hydroxyl groups is 1. The molecular formula is C22H20Br2O4. The first-order chi connectivity index (χ1) is 13.6. The molecule has 2 aromatic carbocycles. The number of ether oxygens (including phenoxy) is 2. The number of halogens is 2. The number of fused-ring (bicyclic) bond motifs is 6. The Labute approximate surface area is 180 Å². The predicted octanol–water partition coefficient (Wildman–Crippen LogP) is 4.53. The highest BCUT2D eigenvalue weighted by atomic mass is 79.9. The Morgan fingerprint density at radius 2 is 1.50 bits per heavy atom. The smallest absolute Gasteiger partial charge is 0.124 e. The number of carbonyl (C=O) groups excluding carboxylic acids is 1. The minimum absolute atomic E-state index is 0.186. The van der Waals surface area contributed by atoms with Crippen LogP contribution in [0.15, 0.2) is 45.3 Å². The Hall–Kier alpha value is -1.37. The van der Waals surface area contributed by atoms with E-state index in [0.717, 1.165) is 33.3 Å². The van der Waals surface area contributed by atoms with Gasteiger partial charge in [-0.2, -0.15) is 0 Å². The quantitative estimate of drug-likeness (QED) is 0.606. The Balaban J connectivity index is 0.000000122. The van der Waals surface area contributed by atoms with Gasteiger partial charge >= 0.3 is 0 Å². The van der Waals surface area contributed by atoms with E-state index in [9.17, 15) is 4.79 Å². The minimum atomic E-state index is 0.186. The van der Waals surface area contributed by atoms with Crippen LogP contribution in [-0.4, -0.2) is 31.2 Å². The third kappa shape index (κ3) is 3.10. The second-order valence-corrected chi connectivity index (χ2v) is 9.76. The van der Waals surface area contributed by atoms with Crippen LogP contribution in [0.3, 0.4) is 0 Å². The second-order valence-electron chi connectivity index (χ2n) is 7.93. The number of aldehydes is 1. The summed E-state index contributed by atoms with van der Waals surface area (Å²) in [7, 11) is 0. The molecule has 0 bridgehead atoms. The highest BCUT2D eigenvalue weighted by Gasteiger charge is 2.55. The largest absolute Gasteiger partial charge is 0.493 e. The summed E-state index contributed by atoms with van der Waals surface area (Å²) in [5, 5.41) is 9.16. The van der Waals surface area contributed by atoms with Crippen molar-refractivity contribution in [3.63, 3.8) is 0 Å². The molecule has 0 radical (unpaired) electrons. The van der Waals surface area contributed by atoms with Gasteiger partial charge in [0.05, 0.1) is 13.2 Å². The van der Waals surface area contributed by atoms with Crippen molar-refractivity contribution >= 4 is 38.1 Å². The Kier molecular flexibility index (Phi) is 4.76. The zero-order chi connectivity index (χ0) is 19.4. The van der Waals surface area contributed by atoms with Crippen LogP contribution in [0, 0.1) is 23.7 Å². The maximum atomic E-state index is 10.8. The molecular weight excluding hydrogens is 488 g/mol. The molecule has 1 N–H and O–H groups in total. The van der Waals surface area contributed by atoms with Crippen molar-refractivity contribution in [1.82, 2.24) is 0 Å². The van der Waals surface area contributed by atoms with Crippen molar-refractivity contribution in [1.29, 1.82) is 0 Å². The number of benzene rings is 2. The zero-order valence-corrected chi connectivity index (χ0v) is 18.2. The summed E-state index contributed by atoms with van der Waals surface area (Å²) in [6, 6.07) is 12.1. The lowest BCUT2D eigenvalue weighted by atomic mass is 10.1. The molecule has 2 heterocycles. The molecule has 6 heteroatoms. The molecule has 6 rings (SSSR count). The van der Waals surface area contributed by atoms with Gasteiger partial charge < -0.3 is 19.4 Å². The average Bonchev–Trinajstić information content (AvgIpc) is 3.60.